The zero-order chi connectivity index (χ0) is 17.4. The third-order valence-electron chi connectivity index (χ3n) is 5.23. The standard InChI is InChI=1S/C18H23N3O4/c1-2-21-17(22)10-14(18(21)23)20-7-5-19(6-8-20)11-13-3-4-15-16(9-13)25-12-24-15/h3-4,9,14H,2,5-8,10-12H2,1H3/t14-/m0/s1. The van der Waals surface area contributed by atoms with Crippen LogP contribution in [0.2, 0.25) is 0 Å². The highest BCUT2D eigenvalue weighted by Gasteiger charge is 2.41. The van der Waals surface area contributed by atoms with Crippen LogP contribution in [-0.4, -0.2) is 72.1 Å². The van der Waals surface area contributed by atoms with E-state index < -0.39 is 0 Å². The minimum absolute atomic E-state index is 0.0308. The van der Waals surface area contributed by atoms with Crippen LogP contribution in [0.1, 0.15) is 18.9 Å². The van der Waals surface area contributed by atoms with Gasteiger partial charge in [-0.25, -0.2) is 0 Å². The summed E-state index contributed by atoms with van der Waals surface area (Å²) in [5, 5.41) is 0. The Balaban J connectivity index is 1.33. The van der Waals surface area contributed by atoms with E-state index >= 15 is 0 Å². The third-order valence-corrected chi connectivity index (χ3v) is 5.23. The van der Waals surface area contributed by atoms with Crippen molar-refractivity contribution >= 4 is 11.8 Å². The lowest BCUT2D eigenvalue weighted by molar-refractivity contribution is -0.139. The van der Waals surface area contributed by atoms with E-state index in [2.05, 4.69) is 15.9 Å². The average molecular weight is 345 g/mol. The van der Waals surface area contributed by atoms with Gasteiger partial charge in [-0.2, -0.15) is 0 Å². The Morgan fingerprint density at radius 1 is 1.08 bits per heavy atom. The summed E-state index contributed by atoms with van der Waals surface area (Å²) >= 11 is 0. The Morgan fingerprint density at radius 2 is 1.84 bits per heavy atom. The molecule has 0 spiro atoms. The van der Waals surface area contributed by atoms with E-state index in [1.807, 2.05) is 19.1 Å². The van der Waals surface area contributed by atoms with Crippen LogP contribution in [0.15, 0.2) is 18.2 Å². The number of fused-ring (bicyclic) bond motifs is 1. The van der Waals surface area contributed by atoms with Crippen molar-refractivity contribution in [2.45, 2.75) is 25.9 Å². The van der Waals surface area contributed by atoms with E-state index in [0.29, 0.717) is 19.8 Å². The summed E-state index contributed by atoms with van der Waals surface area (Å²) in [5.41, 5.74) is 1.20. The number of nitrogens with zero attached hydrogens (tertiary/aromatic N) is 3. The quantitative estimate of drug-likeness (QED) is 0.748. The van der Waals surface area contributed by atoms with Crippen molar-refractivity contribution in [3.8, 4) is 11.5 Å². The third kappa shape index (κ3) is 3.09. The number of hydrogen-bond donors (Lipinski definition) is 0. The molecule has 7 nitrogen and oxygen atoms in total. The first-order chi connectivity index (χ1) is 12.2. The molecule has 0 N–H and O–H groups in total. The fraction of sp³-hybridized carbons (Fsp3) is 0.556. The predicted molar refractivity (Wildman–Crippen MR) is 90.2 cm³/mol. The van der Waals surface area contributed by atoms with Crippen molar-refractivity contribution in [2.75, 3.05) is 39.5 Å². The molecule has 1 aromatic carbocycles. The van der Waals surface area contributed by atoms with Gasteiger partial charge in [0.2, 0.25) is 18.6 Å². The highest BCUT2D eigenvalue weighted by Crippen LogP contribution is 2.33. The second kappa shape index (κ2) is 6.65. The lowest BCUT2D eigenvalue weighted by Crippen LogP contribution is -2.52. The maximum Gasteiger partial charge on any atom is 0.247 e. The molecule has 0 aliphatic carbocycles. The number of carbonyl (C=O) groups excluding carboxylic acids is 2. The highest BCUT2D eigenvalue weighted by molar-refractivity contribution is 6.05. The van der Waals surface area contributed by atoms with Crippen LogP contribution in [0.3, 0.4) is 0 Å². The van der Waals surface area contributed by atoms with Crippen molar-refractivity contribution in [1.29, 1.82) is 0 Å². The van der Waals surface area contributed by atoms with Crippen molar-refractivity contribution in [3.05, 3.63) is 23.8 Å². The summed E-state index contributed by atoms with van der Waals surface area (Å²) in [6.07, 6.45) is 0.328. The van der Waals surface area contributed by atoms with Gasteiger partial charge in [-0.3, -0.25) is 24.3 Å². The molecule has 0 bridgehead atoms. The Morgan fingerprint density at radius 3 is 2.56 bits per heavy atom. The maximum atomic E-state index is 12.4. The molecule has 0 radical (unpaired) electrons. The zero-order valence-corrected chi connectivity index (χ0v) is 14.4. The average Bonchev–Trinajstić information content (AvgIpc) is 3.19. The van der Waals surface area contributed by atoms with E-state index in [4.69, 9.17) is 9.47 Å². The largest absolute Gasteiger partial charge is 0.454 e. The molecule has 2 amide bonds. The topological polar surface area (TPSA) is 62.3 Å². The van der Waals surface area contributed by atoms with Gasteiger partial charge in [0.15, 0.2) is 11.5 Å². The number of piperazine rings is 1. The number of carbonyl (C=O) groups is 2. The molecule has 2 saturated heterocycles. The van der Waals surface area contributed by atoms with E-state index in [0.717, 1.165) is 44.2 Å². The Bertz CT molecular complexity index is 685. The van der Waals surface area contributed by atoms with Crippen LogP contribution < -0.4 is 9.47 Å². The zero-order valence-electron chi connectivity index (χ0n) is 14.4. The number of rotatable bonds is 4. The van der Waals surface area contributed by atoms with Gasteiger partial charge >= 0.3 is 0 Å². The first-order valence-corrected chi connectivity index (χ1v) is 8.85. The van der Waals surface area contributed by atoms with E-state index in [1.54, 1.807) is 0 Å². The van der Waals surface area contributed by atoms with Crippen molar-refractivity contribution in [2.24, 2.45) is 0 Å². The lowest BCUT2D eigenvalue weighted by atomic mass is 10.1. The van der Waals surface area contributed by atoms with Gasteiger partial charge in [0.25, 0.3) is 0 Å². The van der Waals surface area contributed by atoms with Gasteiger partial charge in [-0.15, -0.1) is 0 Å². The Labute approximate surface area is 147 Å². The van der Waals surface area contributed by atoms with Gasteiger partial charge in [-0.1, -0.05) is 6.07 Å². The van der Waals surface area contributed by atoms with Crippen LogP contribution in [0, 0.1) is 0 Å². The SMILES string of the molecule is CCN1C(=O)C[C@H](N2CCN(Cc3ccc4c(c3)OCO4)CC2)C1=O. The molecule has 0 aromatic heterocycles. The van der Waals surface area contributed by atoms with Crippen LogP contribution in [0.25, 0.3) is 0 Å². The summed E-state index contributed by atoms with van der Waals surface area (Å²) in [6.45, 7) is 6.86. The predicted octanol–water partition coefficient (Wildman–Crippen LogP) is 0.680. The smallest absolute Gasteiger partial charge is 0.247 e. The number of hydrogen-bond acceptors (Lipinski definition) is 6. The first-order valence-electron chi connectivity index (χ1n) is 8.85. The summed E-state index contributed by atoms with van der Waals surface area (Å²) in [7, 11) is 0. The minimum Gasteiger partial charge on any atom is -0.454 e. The number of benzene rings is 1. The normalized spacial score (nSPS) is 24.4. The minimum atomic E-state index is -0.264. The monoisotopic (exact) mass is 345 g/mol. The molecule has 7 heteroatoms. The van der Waals surface area contributed by atoms with Crippen LogP contribution in [0.4, 0.5) is 0 Å². The molecule has 4 rings (SSSR count). The molecule has 25 heavy (non-hydrogen) atoms. The summed E-state index contributed by atoms with van der Waals surface area (Å²) < 4.78 is 10.8. The van der Waals surface area contributed by atoms with E-state index in [9.17, 15) is 9.59 Å². The number of imide groups is 1. The van der Waals surface area contributed by atoms with Gasteiger partial charge in [0.1, 0.15) is 0 Å². The summed E-state index contributed by atoms with van der Waals surface area (Å²) in [5.74, 6) is 1.54. The number of amides is 2. The lowest BCUT2D eigenvalue weighted by Gasteiger charge is -2.37. The maximum absolute atomic E-state index is 12.4. The summed E-state index contributed by atoms with van der Waals surface area (Å²) in [4.78, 5) is 30.2. The number of likely N-dealkylation sites (N-methyl/N-ethyl adjacent to an activating group) is 1. The second-order valence-corrected chi connectivity index (χ2v) is 6.70. The van der Waals surface area contributed by atoms with Crippen molar-refractivity contribution in [3.63, 3.8) is 0 Å². The van der Waals surface area contributed by atoms with Crippen LogP contribution in [0.5, 0.6) is 11.5 Å². The molecule has 1 atom stereocenters. The molecule has 2 fully saturated rings. The second-order valence-electron chi connectivity index (χ2n) is 6.70. The van der Waals surface area contributed by atoms with Crippen molar-refractivity contribution in [1.82, 2.24) is 14.7 Å². The molecule has 134 valence electrons. The molecule has 3 aliphatic heterocycles. The van der Waals surface area contributed by atoms with Gasteiger partial charge in [0.05, 0.1) is 12.5 Å². The first kappa shape index (κ1) is 16.4. The summed E-state index contributed by atoms with van der Waals surface area (Å²) in [6, 6.07) is 5.79. The number of likely N-dealkylation sites (tertiary alicyclic amines) is 1. The van der Waals surface area contributed by atoms with E-state index in [1.165, 1.54) is 10.5 Å². The Kier molecular flexibility index (Phi) is 4.35. The molecular weight excluding hydrogens is 322 g/mol. The Hall–Kier alpha value is -2.12. The van der Waals surface area contributed by atoms with Gasteiger partial charge < -0.3 is 9.47 Å². The molecule has 3 heterocycles. The highest BCUT2D eigenvalue weighted by atomic mass is 16.7. The fourth-order valence-electron chi connectivity index (χ4n) is 3.81. The van der Waals surface area contributed by atoms with E-state index in [-0.39, 0.29) is 17.9 Å². The molecule has 1 aromatic rings. The fourth-order valence-corrected chi connectivity index (χ4v) is 3.81. The molecule has 0 unspecified atom stereocenters. The van der Waals surface area contributed by atoms with Gasteiger partial charge in [0, 0.05) is 39.3 Å². The molecule has 0 saturated carbocycles. The van der Waals surface area contributed by atoms with Crippen LogP contribution >= 0.6 is 0 Å². The van der Waals surface area contributed by atoms with Crippen molar-refractivity contribution < 1.29 is 19.1 Å². The number of ether oxygens (including phenoxy) is 2. The molecule has 3 aliphatic rings. The van der Waals surface area contributed by atoms with Crippen LogP contribution in [-0.2, 0) is 16.1 Å². The molecular formula is C18H23N3O4. The van der Waals surface area contributed by atoms with Gasteiger partial charge in [-0.05, 0) is 24.6 Å².